The lowest BCUT2D eigenvalue weighted by molar-refractivity contribution is 0.262. The van der Waals surface area contributed by atoms with Crippen molar-refractivity contribution in [1.82, 2.24) is 4.98 Å². The van der Waals surface area contributed by atoms with Gasteiger partial charge < -0.3 is 9.47 Å². The molecular weight excluding hydrogens is 178 g/mol. The summed E-state index contributed by atoms with van der Waals surface area (Å²) in [7, 11) is 0. The van der Waals surface area contributed by atoms with Gasteiger partial charge in [-0.2, -0.15) is 0 Å². The van der Waals surface area contributed by atoms with Crippen molar-refractivity contribution in [2.45, 2.75) is 6.10 Å². The van der Waals surface area contributed by atoms with E-state index in [1.54, 1.807) is 18.5 Å². The van der Waals surface area contributed by atoms with Crippen LogP contribution >= 0.6 is 11.6 Å². The Hall–Kier alpha value is -0.800. The quantitative estimate of drug-likeness (QED) is 0.670. The molecule has 0 aliphatic carbocycles. The number of ether oxygens (including phenoxy) is 2. The molecular formula is C8H8ClNO2. The second-order valence-electron chi connectivity index (χ2n) is 2.61. The van der Waals surface area contributed by atoms with Crippen molar-refractivity contribution in [3.8, 4) is 5.75 Å². The maximum atomic E-state index is 5.70. The zero-order valence-corrected chi connectivity index (χ0v) is 7.12. The Balaban J connectivity index is 1.92. The van der Waals surface area contributed by atoms with E-state index < -0.39 is 0 Å². The second-order valence-corrected chi connectivity index (χ2v) is 3.04. The summed E-state index contributed by atoms with van der Waals surface area (Å²) >= 11 is 5.70. The maximum Gasteiger partial charge on any atom is 0.139 e. The van der Waals surface area contributed by atoms with Crippen molar-refractivity contribution in [2.75, 3.05) is 13.2 Å². The molecule has 1 aliphatic heterocycles. The third kappa shape index (κ3) is 2.09. The minimum atomic E-state index is 0.268. The molecule has 2 rings (SSSR count). The minimum absolute atomic E-state index is 0.268. The molecule has 2 heterocycles. The highest BCUT2D eigenvalue weighted by Gasteiger charge is 2.22. The smallest absolute Gasteiger partial charge is 0.139 e. The van der Waals surface area contributed by atoms with Gasteiger partial charge in [0.05, 0.1) is 17.8 Å². The Bertz CT molecular complexity index is 276. The van der Waals surface area contributed by atoms with E-state index in [1.807, 2.05) is 0 Å². The zero-order chi connectivity index (χ0) is 8.39. The van der Waals surface area contributed by atoms with Crippen LogP contribution in [-0.2, 0) is 4.74 Å². The summed E-state index contributed by atoms with van der Waals surface area (Å²) in [5.74, 6) is 0.693. The summed E-state index contributed by atoms with van der Waals surface area (Å²) in [6.07, 6.45) is 3.47. The number of hydrogen-bond acceptors (Lipinski definition) is 3. The SMILES string of the molecule is Clc1cncc(OCC2CO2)c1. The van der Waals surface area contributed by atoms with Crippen molar-refractivity contribution in [3.63, 3.8) is 0 Å². The molecule has 4 heteroatoms. The number of pyridine rings is 1. The highest BCUT2D eigenvalue weighted by Crippen LogP contribution is 2.17. The number of halogens is 1. The molecule has 0 spiro atoms. The van der Waals surface area contributed by atoms with E-state index in [0.29, 0.717) is 17.4 Å². The molecule has 1 unspecified atom stereocenters. The molecule has 1 atom stereocenters. The monoisotopic (exact) mass is 185 g/mol. The van der Waals surface area contributed by atoms with Gasteiger partial charge in [-0.25, -0.2) is 0 Å². The van der Waals surface area contributed by atoms with Crippen LogP contribution in [-0.4, -0.2) is 24.3 Å². The molecule has 1 aromatic heterocycles. The molecule has 12 heavy (non-hydrogen) atoms. The largest absolute Gasteiger partial charge is 0.489 e. The van der Waals surface area contributed by atoms with Crippen LogP contribution in [0.15, 0.2) is 18.5 Å². The lowest BCUT2D eigenvalue weighted by Crippen LogP contribution is -2.03. The van der Waals surface area contributed by atoms with Gasteiger partial charge in [-0.15, -0.1) is 0 Å². The van der Waals surface area contributed by atoms with Gasteiger partial charge in [-0.3, -0.25) is 4.98 Å². The molecule has 1 fully saturated rings. The highest BCUT2D eigenvalue weighted by atomic mass is 35.5. The molecule has 0 aromatic carbocycles. The molecule has 0 N–H and O–H groups in total. The molecule has 3 nitrogen and oxygen atoms in total. The van der Waals surface area contributed by atoms with Gasteiger partial charge >= 0.3 is 0 Å². The molecule has 0 radical (unpaired) electrons. The van der Waals surface area contributed by atoms with E-state index in [0.717, 1.165) is 6.61 Å². The van der Waals surface area contributed by atoms with E-state index in [9.17, 15) is 0 Å². The van der Waals surface area contributed by atoms with Crippen molar-refractivity contribution >= 4 is 11.6 Å². The standard InChI is InChI=1S/C8H8ClNO2/c9-6-1-7(3-10-2-6)11-4-8-5-12-8/h1-3,8H,4-5H2. The number of aromatic nitrogens is 1. The van der Waals surface area contributed by atoms with Crippen LogP contribution < -0.4 is 4.74 Å². The number of epoxide rings is 1. The van der Waals surface area contributed by atoms with Gasteiger partial charge in [0, 0.05) is 12.3 Å². The van der Waals surface area contributed by atoms with Crippen LogP contribution in [0, 0.1) is 0 Å². The van der Waals surface area contributed by atoms with Crippen molar-refractivity contribution < 1.29 is 9.47 Å². The zero-order valence-electron chi connectivity index (χ0n) is 6.37. The van der Waals surface area contributed by atoms with E-state index in [4.69, 9.17) is 21.1 Å². The summed E-state index contributed by atoms with van der Waals surface area (Å²) in [6, 6.07) is 1.73. The van der Waals surface area contributed by atoms with E-state index in [2.05, 4.69) is 4.98 Å². The predicted octanol–water partition coefficient (Wildman–Crippen LogP) is 1.51. The van der Waals surface area contributed by atoms with Gasteiger partial charge in [0.25, 0.3) is 0 Å². The summed E-state index contributed by atoms with van der Waals surface area (Å²) < 4.78 is 10.3. The first-order valence-corrected chi connectivity index (χ1v) is 4.07. The lowest BCUT2D eigenvalue weighted by Gasteiger charge is -2.02. The van der Waals surface area contributed by atoms with Crippen molar-refractivity contribution in [2.24, 2.45) is 0 Å². The molecule has 1 saturated heterocycles. The van der Waals surface area contributed by atoms with Gasteiger partial charge in [-0.05, 0) is 0 Å². The molecule has 64 valence electrons. The number of hydrogen-bond donors (Lipinski definition) is 0. The van der Waals surface area contributed by atoms with Crippen LogP contribution in [0.5, 0.6) is 5.75 Å². The molecule has 0 bridgehead atoms. The fourth-order valence-electron chi connectivity index (χ4n) is 0.825. The second kappa shape index (κ2) is 3.29. The highest BCUT2D eigenvalue weighted by molar-refractivity contribution is 6.30. The average Bonchev–Trinajstić information content (AvgIpc) is 2.84. The Morgan fingerprint density at radius 3 is 3.17 bits per heavy atom. The van der Waals surface area contributed by atoms with Gasteiger partial charge in [0.2, 0.25) is 0 Å². The summed E-state index contributed by atoms with van der Waals surface area (Å²) in [5.41, 5.74) is 0. The fourth-order valence-corrected chi connectivity index (χ4v) is 0.989. The Morgan fingerprint density at radius 2 is 2.50 bits per heavy atom. The maximum absolute atomic E-state index is 5.70. The third-order valence-electron chi connectivity index (χ3n) is 1.52. The first kappa shape index (κ1) is 7.83. The van der Waals surface area contributed by atoms with Gasteiger partial charge in [-0.1, -0.05) is 11.6 Å². The van der Waals surface area contributed by atoms with Crippen molar-refractivity contribution in [3.05, 3.63) is 23.5 Å². The fraction of sp³-hybridized carbons (Fsp3) is 0.375. The van der Waals surface area contributed by atoms with E-state index in [1.165, 1.54) is 0 Å². The topological polar surface area (TPSA) is 34.6 Å². The summed E-state index contributed by atoms with van der Waals surface area (Å²) in [4.78, 5) is 3.88. The van der Waals surface area contributed by atoms with Crippen LogP contribution in [0.3, 0.4) is 0 Å². The molecule has 1 aromatic rings. The number of nitrogens with zero attached hydrogens (tertiary/aromatic N) is 1. The summed E-state index contributed by atoms with van der Waals surface area (Å²) in [6.45, 7) is 1.38. The summed E-state index contributed by atoms with van der Waals surface area (Å²) in [5, 5.41) is 0.587. The first-order chi connectivity index (χ1) is 5.84. The first-order valence-electron chi connectivity index (χ1n) is 3.69. The Morgan fingerprint density at radius 1 is 1.67 bits per heavy atom. The van der Waals surface area contributed by atoms with Gasteiger partial charge in [0.15, 0.2) is 0 Å². The molecule has 0 amide bonds. The molecule has 1 aliphatic rings. The predicted molar refractivity (Wildman–Crippen MR) is 44.5 cm³/mol. The lowest BCUT2D eigenvalue weighted by atomic mass is 10.4. The average molecular weight is 186 g/mol. The van der Waals surface area contributed by atoms with E-state index in [-0.39, 0.29) is 6.10 Å². The van der Waals surface area contributed by atoms with Gasteiger partial charge in [0.1, 0.15) is 18.5 Å². The normalized spacial score (nSPS) is 20.6. The van der Waals surface area contributed by atoms with E-state index >= 15 is 0 Å². The van der Waals surface area contributed by atoms with Crippen LogP contribution in [0.2, 0.25) is 5.02 Å². The molecule has 0 saturated carbocycles. The van der Waals surface area contributed by atoms with Crippen LogP contribution in [0.1, 0.15) is 0 Å². The Kier molecular flexibility index (Phi) is 2.15. The van der Waals surface area contributed by atoms with Crippen LogP contribution in [0.25, 0.3) is 0 Å². The minimum Gasteiger partial charge on any atom is -0.489 e. The number of rotatable bonds is 3. The van der Waals surface area contributed by atoms with Crippen molar-refractivity contribution in [1.29, 1.82) is 0 Å². The van der Waals surface area contributed by atoms with Crippen LogP contribution in [0.4, 0.5) is 0 Å². The Labute approximate surface area is 75.3 Å². The third-order valence-corrected chi connectivity index (χ3v) is 1.72.